The van der Waals surface area contributed by atoms with Crippen LogP contribution in [0.4, 0.5) is 0 Å². The van der Waals surface area contributed by atoms with E-state index in [1.54, 1.807) is 19.0 Å². The second-order valence-electron chi connectivity index (χ2n) is 5.50. The molecule has 1 N–H and O–H groups in total. The molecule has 0 aliphatic carbocycles. The molecule has 5 heteroatoms. The highest BCUT2D eigenvalue weighted by Gasteiger charge is 2.39. The van der Waals surface area contributed by atoms with E-state index in [1.165, 1.54) is 0 Å². The minimum Gasteiger partial charge on any atom is -0.375 e. The first-order valence-electron chi connectivity index (χ1n) is 6.78. The summed E-state index contributed by atoms with van der Waals surface area (Å²) in [4.78, 5) is 13.1. The van der Waals surface area contributed by atoms with Crippen molar-refractivity contribution >= 4 is 5.91 Å². The monoisotopic (exact) mass is 256 g/mol. The highest BCUT2D eigenvalue weighted by Crippen LogP contribution is 2.34. The highest BCUT2D eigenvalue weighted by atomic mass is 16.5. The number of amides is 1. The maximum Gasteiger partial charge on any atom is 0.248 e. The van der Waals surface area contributed by atoms with Gasteiger partial charge >= 0.3 is 0 Å². The summed E-state index contributed by atoms with van der Waals surface area (Å²) in [5, 5.41) is 3.35. The van der Waals surface area contributed by atoms with Crippen LogP contribution in [0.25, 0.3) is 0 Å². The van der Waals surface area contributed by atoms with Crippen LogP contribution in [0.15, 0.2) is 0 Å². The normalized spacial score (nSPS) is 27.1. The second-order valence-corrected chi connectivity index (χ2v) is 5.50. The van der Waals surface area contributed by atoms with Crippen LogP contribution in [0.1, 0.15) is 25.7 Å². The number of likely N-dealkylation sites (N-methyl/N-ethyl adjacent to an activating group) is 1. The van der Waals surface area contributed by atoms with E-state index in [-0.39, 0.29) is 24.2 Å². The Hall–Kier alpha value is -0.650. The zero-order valence-corrected chi connectivity index (χ0v) is 11.4. The van der Waals surface area contributed by atoms with Crippen molar-refractivity contribution in [1.29, 1.82) is 0 Å². The summed E-state index contributed by atoms with van der Waals surface area (Å²) >= 11 is 0. The van der Waals surface area contributed by atoms with Gasteiger partial charge in [0.15, 0.2) is 0 Å². The minimum absolute atomic E-state index is 0.00463. The molecule has 0 aromatic carbocycles. The largest absolute Gasteiger partial charge is 0.375 e. The summed E-state index contributed by atoms with van der Waals surface area (Å²) in [6, 6.07) is 0. The number of carbonyl (C=O) groups excluding carboxylic acids is 1. The Kier molecular flexibility index (Phi) is 4.59. The van der Waals surface area contributed by atoms with Crippen LogP contribution in [0, 0.1) is 0 Å². The van der Waals surface area contributed by atoms with Gasteiger partial charge in [-0.2, -0.15) is 0 Å². The van der Waals surface area contributed by atoms with Gasteiger partial charge in [0.05, 0.1) is 11.7 Å². The van der Waals surface area contributed by atoms with Gasteiger partial charge in [-0.3, -0.25) is 4.79 Å². The first-order valence-corrected chi connectivity index (χ1v) is 6.78. The lowest BCUT2D eigenvalue weighted by Gasteiger charge is -2.43. The standard InChI is InChI=1S/C13H24N2O3/c1-15(2)12(16)10-17-11-3-8-18-13(9-11)4-6-14-7-5-13/h11,14H,3-10H2,1-2H3. The molecule has 2 rings (SSSR count). The van der Waals surface area contributed by atoms with Crippen LogP contribution in [0.5, 0.6) is 0 Å². The molecule has 0 radical (unpaired) electrons. The molecule has 5 nitrogen and oxygen atoms in total. The lowest BCUT2D eigenvalue weighted by Crippen LogP contribution is -2.49. The Morgan fingerprint density at radius 3 is 2.83 bits per heavy atom. The van der Waals surface area contributed by atoms with Gasteiger partial charge in [-0.15, -0.1) is 0 Å². The van der Waals surface area contributed by atoms with E-state index in [1.807, 2.05) is 0 Å². The van der Waals surface area contributed by atoms with Gasteiger partial charge in [0.25, 0.3) is 0 Å². The molecule has 1 atom stereocenters. The molecule has 104 valence electrons. The minimum atomic E-state index is -0.00463. The highest BCUT2D eigenvalue weighted by molar-refractivity contribution is 5.76. The lowest BCUT2D eigenvalue weighted by atomic mass is 9.84. The number of ether oxygens (including phenoxy) is 2. The Balaban J connectivity index is 1.81. The van der Waals surface area contributed by atoms with Crippen LogP contribution in [-0.2, 0) is 14.3 Å². The number of hydrogen-bond acceptors (Lipinski definition) is 4. The Morgan fingerprint density at radius 2 is 2.17 bits per heavy atom. The Labute approximate surface area is 109 Å². The smallest absolute Gasteiger partial charge is 0.248 e. The SMILES string of the molecule is CN(C)C(=O)COC1CCOC2(CCNCC2)C1. The predicted octanol–water partition coefficient (Wildman–Crippen LogP) is 0.392. The van der Waals surface area contributed by atoms with E-state index in [0.29, 0.717) is 0 Å². The maximum absolute atomic E-state index is 11.5. The molecule has 2 heterocycles. The van der Waals surface area contributed by atoms with Gasteiger partial charge in [-0.25, -0.2) is 0 Å². The molecule has 0 bridgehead atoms. The summed E-state index contributed by atoms with van der Waals surface area (Å²) < 4.78 is 11.7. The van der Waals surface area contributed by atoms with E-state index in [4.69, 9.17) is 9.47 Å². The van der Waals surface area contributed by atoms with Crippen LogP contribution in [0.2, 0.25) is 0 Å². The molecule has 18 heavy (non-hydrogen) atoms. The summed E-state index contributed by atoms with van der Waals surface area (Å²) in [6.07, 6.45) is 4.09. The van der Waals surface area contributed by atoms with Crippen molar-refractivity contribution in [2.75, 3.05) is 40.4 Å². The van der Waals surface area contributed by atoms with Gasteiger partial charge in [0.2, 0.25) is 5.91 Å². The summed E-state index contributed by atoms with van der Waals surface area (Å²) in [7, 11) is 3.51. The van der Waals surface area contributed by atoms with E-state index < -0.39 is 0 Å². The molecular formula is C13H24N2O3. The third-order valence-corrected chi connectivity index (χ3v) is 3.90. The fraction of sp³-hybridized carbons (Fsp3) is 0.923. The van der Waals surface area contributed by atoms with Crippen LogP contribution < -0.4 is 5.32 Å². The van der Waals surface area contributed by atoms with Gasteiger partial charge in [-0.1, -0.05) is 0 Å². The van der Waals surface area contributed by atoms with E-state index in [9.17, 15) is 4.79 Å². The van der Waals surface area contributed by atoms with Crippen molar-refractivity contribution < 1.29 is 14.3 Å². The molecule has 2 fully saturated rings. The molecular weight excluding hydrogens is 232 g/mol. The summed E-state index contributed by atoms with van der Waals surface area (Å²) in [5.74, 6) is 0.0286. The number of carbonyl (C=O) groups is 1. The topological polar surface area (TPSA) is 50.8 Å². The Morgan fingerprint density at radius 1 is 1.44 bits per heavy atom. The van der Waals surface area contributed by atoms with Crippen LogP contribution >= 0.6 is 0 Å². The average molecular weight is 256 g/mol. The van der Waals surface area contributed by atoms with Gasteiger partial charge in [-0.05, 0) is 32.4 Å². The number of nitrogens with one attached hydrogen (secondary N) is 1. The third kappa shape index (κ3) is 3.43. The van der Waals surface area contributed by atoms with Crippen LogP contribution in [0.3, 0.4) is 0 Å². The second kappa shape index (κ2) is 5.99. The number of nitrogens with zero attached hydrogens (tertiary/aromatic N) is 1. The van der Waals surface area contributed by atoms with Crippen LogP contribution in [-0.4, -0.2) is 62.9 Å². The average Bonchev–Trinajstić information content (AvgIpc) is 2.37. The predicted molar refractivity (Wildman–Crippen MR) is 68.5 cm³/mol. The molecule has 0 aromatic heterocycles. The Bertz CT molecular complexity index is 282. The van der Waals surface area contributed by atoms with Crippen molar-refractivity contribution in [2.24, 2.45) is 0 Å². The zero-order valence-electron chi connectivity index (χ0n) is 11.4. The summed E-state index contributed by atoms with van der Waals surface area (Å²) in [6.45, 7) is 2.97. The molecule has 1 amide bonds. The molecule has 1 spiro atoms. The van der Waals surface area contributed by atoms with Crippen molar-refractivity contribution in [3.8, 4) is 0 Å². The van der Waals surface area contributed by atoms with Gasteiger partial charge in [0.1, 0.15) is 6.61 Å². The molecule has 1 unspecified atom stereocenters. The van der Waals surface area contributed by atoms with Crippen molar-refractivity contribution in [2.45, 2.75) is 37.4 Å². The third-order valence-electron chi connectivity index (χ3n) is 3.90. The summed E-state index contributed by atoms with van der Waals surface area (Å²) in [5.41, 5.74) is -0.00463. The first-order chi connectivity index (χ1) is 8.61. The maximum atomic E-state index is 11.5. The lowest BCUT2D eigenvalue weighted by molar-refractivity contribution is -0.156. The number of hydrogen-bond donors (Lipinski definition) is 1. The number of rotatable bonds is 3. The molecule has 2 aliphatic rings. The first kappa shape index (κ1) is 13.8. The fourth-order valence-electron chi connectivity index (χ4n) is 2.67. The molecule has 2 aliphatic heterocycles. The fourth-order valence-corrected chi connectivity index (χ4v) is 2.67. The van der Waals surface area contributed by atoms with Gasteiger partial charge < -0.3 is 19.7 Å². The van der Waals surface area contributed by atoms with Crippen molar-refractivity contribution in [3.05, 3.63) is 0 Å². The molecule has 0 saturated carbocycles. The zero-order chi connectivity index (χ0) is 13.0. The van der Waals surface area contributed by atoms with Gasteiger partial charge in [0, 0.05) is 27.1 Å². The van der Waals surface area contributed by atoms with E-state index >= 15 is 0 Å². The number of piperidine rings is 1. The molecule has 0 aromatic rings. The van der Waals surface area contributed by atoms with Crippen molar-refractivity contribution in [1.82, 2.24) is 10.2 Å². The quantitative estimate of drug-likeness (QED) is 0.794. The van der Waals surface area contributed by atoms with E-state index in [0.717, 1.165) is 45.4 Å². The van der Waals surface area contributed by atoms with E-state index in [2.05, 4.69) is 5.32 Å². The van der Waals surface area contributed by atoms with Crippen molar-refractivity contribution in [3.63, 3.8) is 0 Å². The molecule has 2 saturated heterocycles.